The zero-order valence-corrected chi connectivity index (χ0v) is 21.2. The topological polar surface area (TPSA) is 117 Å². The summed E-state index contributed by atoms with van der Waals surface area (Å²) in [5, 5.41) is 9.54. The van der Waals surface area contributed by atoms with Crippen LogP contribution in [0.4, 0.5) is 4.39 Å². The standard InChI is InChI=1S/C11H13ClFNO3.C11H14ClNO4/c1-11(2,13)6-17-8-5-4-7(10(15)16-3)14-9(8)12;1-11(2,15)6-17-8-5-4-7(10(14)16-3)13-9(8)12/h4-5H,6H2,1-3H3;4-5,15H,6H2,1-3H3. The van der Waals surface area contributed by atoms with Gasteiger partial charge in [-0.15, -0.1) is 0 Å². The predicted molar refractivity (Wildman–Crippen MR) is 124 cm³/mol. The summed E-state index contributed by atoms with van der Waals surface area (Å²) in [4.78, 5) is 29.9. The molecule has 2 aromatic rings. The Bertz CT molecular complexity index is 913. The molecule has 0 atom stereocenters. The van der Waals surface area contributed by atoms with E-state index < -0.39 is 23.2 Å². The van der Waals surface area contributed by atoms with Crippen LogP contribution in [0.15, 0.2) is 24.3 Å². The van der Waals surface area contributed by atoms with Crippen LogP contribution in [0.2, 0.25) is 10.3 Å². The predicted octanol–water partition coefficient (Wildman–Crippen LogP) is 4.32. The van der Waals surface area contributed by atoms with Crippen molar-refractivity contribution >= 4 is 35.1 Å². The number of rotatable bonds is 8. The van der Waals surface area contributed by atoms with E-state index in [1.807, 2.05) is 0 Å². The van der Waals surface area contributed by atoms with E-state index in [1.165, 1.54) is 52.3 Å². The molecule has 2 aromatic heterocycles. The average Bonchev–Trinajstić information content (AvgIpc) is 2.75. The minimum absolute atomic E-state index is 0.00264. The van der Waals surface area contributed by atoms with Crippen LogP contribution in [0.3, 0.4) is 0 Å². The van der Waals surface area contributed by atoms with Gasteiger partial charge in [-0.05, 0) is 52.0 Å². The average molecular weight is 521 g/mol. The lowest BCUT2D eigenvalue weighted by molar-refractivity contribution is 0.0283. The van der Waals surface area contributed by atoms with Gasteiger partial charge in [0.2, 0.25) is 0 Å². The quantitative estimate of drug-likeness (QED) is 0.400. The highest BCUT2D eigenvalue weighted by Crippen LogP contribution is 2.24. The molecule has 0 radical (unpaired) electrons. The fourth-order valence-corrected chi connectivity index (χ4v) is 2.42. The third kappa shape index (κ3) is 10.5. The molecule has 188 valence electrons. The summed E-state index contributed by atoms with van der Waals surface area (Å²) < 4.78 is 32.6. The second-order valence-electron chi connectivity index (χ2n) is 8.06. The summed E-state index contributed by atoms with van der Waals surface area (Å²) in [5.74, 6) is -0.628. The Balaban J connectivity index is 0.000000340. The van der Waals surface area contributed by atoms with E-state index in [-0.39, 0.29) is 40.7 Å². The van der Waals surface area contributed by atoms with Crippen molar-refractivity contribution in [3.05, 3.63) is 46.0 Å². The summed E-state index contributed by atoms with van der Waals surface area (Å²) in [5.41, 5.74) is -2.26. The van der Waals surface area contributed by atoms with Crippen LogP contribution in [0, 0.1) is 0 Å². The molecule has 0 spiro atoms. The van der Waals surface area contributed by atoms with Gasteiger partial charge in [0.05, 0.1) is 19.8 Å². The van der Waals surface area contributed by atoms with E-state index in [0.29, 0.717) is 5.75 Å². The summed E-state index contributed by atoms with van der Waals surface area (Å²) in [6, 6.07) is 5.80. The molecule has 0 bridgehead atoms. The van der Waals surface area contributed by atoms with Crippen molar-refractivity contribution in [3.8, 4) is 11.5 Å². The van der Waals surface area contributed by atoms with Gasteiger partial charge in [-0.3, -0.25) is 0 Å². The first-order chi connectivity index (χ1) is 15.7. The van der Waals surface area contributed by atoms with Crippen molar-refractivity contribution in [2.24, 2.45) is 0 Å². The zero-order chi connectivity index (χ0) is 26.1. The summed E-state index contributed by atoms with van der Waals surface area (Å²) in [7, 11) is 2.50. The molecule has 0 aliphatic rings. The number of alkyl halides is 1. The lowest BCUT2D eigenvalue weighted by Crippen LogP contribution is -2.28. The number of halogens is 3. The van der Waals surface area contributed by atoms with Gasteiger partial charge in [0.15, 0.2) is 21.8 Å². The Hall–Kier alpha value is -2.69. The first kappa shape index (κ1) is 29.3. The third-order valence-corrected chi connectivity index (χ3v) is 4.11. The Kier molecular flexibility index (Phi) is 10.9. The Morgan fingerprint density at radius 1 is 0.853 bits per heavy atom. The van der Waals surface area contributed by atoms with E-state index in [4.69, 9.17) is 32.7 Å². The number of ether oxygens (including phenoxy) is 4. The van der Waals surface area contributed by atoms with Crippen LogP contribution in [-0.4, -0.2) is 65.7 Å². The molecular weight excluding hydrogens is 494 g/mol. The summed E-state index contributed by atoms with van der Waals surface area (Å²) in [6.45, 7) is 5.92. The number of carbonyl (C=O) groups is 2. The molecule has 2 heterocycles. The van der Waals surface area contributed by atoms with Crippen LogP contribution in [0.1, 0.15) is 48.7 Å². The van der Waals surface area contributed by atoms with Crippen molar-refractivity contribution < 1.29 is 38.0 Å². The van der Waals surface area contributed by atoms with Crippen LogP contribution in [-0.2, 0) is 9.47 Å². The van der Waals surface area contributed by atoms with Gasteiger partial charge in [-0.2, -0.15) is 0 Å². The van der Waals surface area contributed by atoms with Gasteiger partial charge in [0, 0.05) is 0 Å². The third-order valence-electron chi connectivity index (χ3n) is 3.57. The molecule has 2 rings (SSSR count). The molecule has 9 nitrogen and oxygen atoms in total. The maximum absolute atomic E-state index is 13.2. The number of aromatic nitrogens is 2. The van der Waals surface area contributed by atoms with E-state index >= 15 is 0 Å². The van der Waals surface area contributed by atoms with E-state index in [0.717, 1.165) is 0 Å². The van der Waals surface area contributed by atoms with Crippen molar-refractivity contribution in [3.63, 3.8) is 0 Å². The Morgan fingerprint density at radius 3 is 1.53 bits per heavy atom. The highest BCUT2D eigenvalue weighted by molar-refractivity contribution is 6.31. The number of esters is 2. The van der Waals surface area contributed by atoms with Crippen LogP contribution < -0.4 is 9.47 Å². The highest BCUT2D eigenvalue weighted by Gasteiger charge is 2.19. The number of nitrogens with zero attached hydrogens (tertiary/aromatic N) is 2. The highest BCUT2D eigenvalue weighted by atomic mass is 35.5. The fraction of sp³-hybridized carbons (Fsp3) is 0.455. The largest absolute Gasteiger partial charge is 0.487 e. The van der Waals surface area contributed by atoms with Crippen molar-refractivity contribution in [1.82, 2.24) is 9.97 Å². The lowest BCUT2D eigenvalue weighted by atomic mass is 10.2. The molecule has 0 aliphatic heterocycles. The van der Waals surface area contributed by atoms with Gasteiger partial charge in [0.25, 0.3) is 0 Å². The minimum Gasteiger partial charge on any atom is -0.487 e. The van der Waals surface area contributed by atoms with Crippen molar-refractivity contribution in [2.45, 2.75) is 39.0 Å². The molecule has 0 fully saturated rings. The fourth-order valence-electron chi connectivity index (χ4n) is 2.00. The van der Waals surface area contributed by atoms with Gasteiger partial charge >= 0.3 is 11.9 Å². The monoisotopic (exact) mass is 520 g/mol. The van der Waals surface area contributed by atoms with Gasteiger partial charge < -0.3 is 24.1 Å². The molecule has 0 unspecified atom stereocenters. The van der Waals surface area contributed by atoms with E-state index in [9.17, 15) is 19.1 Å². The molecule has 1 N–H and O–H groups in total. The molecule has 0 amide bonds. The Labute approximate surface area is 207 Å². The SMILES string of the molecule is COC(=O)c1ccc(OCC(C)(C)F)c(Cl)n1.COC(=O)c1ccc(OCC(C)(C)O)c(Cl)n1. The Morgan fingerprint density at radius 2 is 1.24 bits per heavy atom. The normalized spacial score (nSPS) is 11.1. The summed E-state index contributed by atoms with van der Waals surface area (Å²) >= 11 is 11.6. The second-order valence-corrected chi connectivity index (χ2v) is 8.78. The molecule has 0 saturated heterocycles. The summed E-state index contributed by atoms with van der Waals surface area (Å²) in [6.07, 6.45) is 0. The van der Waals surface area contributed by atoms with E-state index in [2.05, 4.69) is 19.4 Å². The van der Waals surface area contributed by atoms with Crippen LogP contribution in [0.25, 0.3) is 0 Å². The smallest absolute Gasteiger partial charge is 0.356 e. The van der Waals surface area contributed by atoms with E-state index in [1.54, 1.807) is 13.8 Å². The lowest BCUT2D eigenvalue weighted by Gasteiger charge is -2.18. The van der Waals surface area contributed by atoms with Gasteiger partial charge in [-0.1, -0.05) is 23.2 Å². The first-order valence-corrected chi connectivity index (χ1v) is 10.6. The molecule has 0 saturated carbocycles. The molecule has 0 aliphatic carbocycles. The van der Waals surface area contributed by atoms with Crippen LogP contribution >= 0.6 is 23.2 Å². The molecule has 34 heavy (non-hydrogen) atoms. The maximum Gasteiger partial charge on any atom is 0.356 e. The van der Waals surface area contributed by atoms with Crippen LogP contribution in [0.5, 0.6) is 11.5 Å². The molecular formula is C22H27Cl2FN2O7. The van der Waals surface area contributed by atoms with Gasteiger partial charge in [-0.25, -0.2) is 23.9 Å². The second kappa shape index (κ2) is 12.7. The maximum atomic E-state index is 13.2. The first-order valence-electron chi connectivity index (χ1n) is 9.83. The number of carbonyl (C=O) groups excluding carboxylic acids is 2. The van der Waals surface area contributed by atoms with Crippen molar-refractivity contribution in [2.75, 3.05) is 27.4 Å². The number of hydrogen-bond donors (Lipinski definition) is 1. The number of methoxy groups -OCH3 is 2. The number of hydrogen-bond acceptors (Lipinski definition) is 9. The number of pyridine rings is 2. The minimum atomic E-state index is -1.47. The molecule has 0 aromatic carbocycles. The molecule has 12 heteroatoms. The van der Waals surface area contributed by atoms with Crippen molar-refractivity contribution in [1.29, 1.82) is 0 Å². The number of aliphatic hydroxyl groups is 1. The zero-order valence-electron chi connectivity index (χ0n) is 19.6. The van der Waals surface area contributed by atoms with Gasteiger partial charge in [0.1, 0.15) is 30.3 Å².